The molecule has 1 N–H and O–H groups in total. The van der Waals surface area contributed by atoms with Gasteiger partial charge in [-0.25, -0.2) is 8.42 Å². The molecule has 0 aliphatic heterocycles. The van der Waals surface area contributed by atoms with Gasteiger partial charge in [0.25, 0.3) is 9.05 Å². The van der Waals surface area contributed by atoms with E-state index in [0.717, 1.165) is 31.2 Å². The first kappa shape index (κ1) is 15.3. The summed E-state index contributed by atoms with van der Waals surface area (Å²) in [5.41, 5.74) is 1.10. The van der Waals surface area contributed by atoms with Crippen molar-refractivity contribution in [1.82, 2.24) is 0 Å². The highest BCUT2D eigenvalue weighted by Crippen LogP contribution is 2.37. The minimum absolute atomic E-state index is 0.113. The highest BCUT2D eigenvalue weighted by molar-refractivity contribution is 8.13. The second-order valence-corrected chi connectivity index (χ2v) is 7.89. The zero-order valence-electron chi connectivity index (χ0n) is 11.0. The zero-order chi connectivity index (χ0) is 14.8. The zero-order valence-corrected chi connectivity index (χ0v) is 12.5. The van der Waals surface area contributed by atoms with Crippen LogP contribution in [0.4, 0.5) is 0 Å². The van der Waals surface area contributed by atoms with Gasteiger partial charge < -0.3 is 5.11 Å². The molecule has 1 aliphatic rings. The van der Waals surface area contributed by atoms with Gasteiger partial charge in [0.2, 0.25) is 0 Å². The predicted molar refractivity (Wildman–Crippen MR) is 76.4 cm³/mol. The van der Waals surface area contributed by atoms with E-state index in [1.165, 1.54) is 12.1 Å². The number of carboxylic acids is 1. The van der Waals surface area contributed by atoms with Crippen LogP contribution in [0.25, 0.3) is 0 Å². The van der Waals surface area contributed by atoms with Crippen LogP contribution in [0.15, 0.2) is 29.2 Å². The van der Waals surface area contributed by atoms with Gasteiger partial charge in [-0.2, -0.15) is 0 Å². The summed E-state index contributed by atoms with van der Waals surface area (Å²) in [5.74, 6) is -0.0801. The van der Waals surface area contributed by atoms with E-state index in [1.807, 2.05) is 0 Å². The minimum atomic E-state index is -3.67. The van der Waals surface area contributed by atoms with Crippen molar-refractivity contribution in [2.45, 2.75) is 42.9 Å². The van der Waals surface area contributed by atoms with Crippen molar-refractivity contribution >= 4 is 25.7 Å². The maximum Gasteiger partial charge on any atom is 0.303 e. The second-order valence-electron chi connectivity index (χ2n) is 5.32. The molecule has 0 saturated heterocycles. The molecule has 0 radical (unpaired) electrons. The summed E-state index contributed by atoms with van der Waals surface area (Å²) in [5, 5.41) is 8.79. The quantitative estimate of drug-likeness (QED) is 0.864. The normalized spacial score (nSPS) is 23.4. The maximum atomic E-state index is 11.2. The van der Waals surface area contributed by atoms with Gasteiger partial charge in [-0.3, -0.25) is 4.79 Å². The standard InChI is InChI=1S/C14H17ClO4S/c15-20(18,19)13-7-5-12(6-8-13)11-3-1-10(2-4-11)9-14(16)17/h5-8,10-11H,1-4,9H2,(H,16,17). The lowest BCUT2D eigenvalue weighted by atomic mass is 9.77. The third-order valence-corrected chi connectivity index (χ3v) is 5.31. The number of halogens is 1. The molecule has 0 atom stereocenters. The summed E-state index contributed by atoms with van der Waals surface area (Å²) < 4.78 is 22.4. The molecule has 0 amide bonds. The number of hydrogen-bond acceptors (Lipinski definition) is 3. The molecule has 1 aromatic rings. The van der Waals surface area contributed by atoms with Gasteiger partial charge in [-0.05, 0) is 55.2 Å². The maximum absolute atomic E-state index is 11.2. The molecular weight excluding hydrogens is 300 g/mol. The summed E-state index contributed by atoms with van der Waals surface area (Å²) in [6, 6.07) is 6.66. The van der Waals surface area contributed by atoms with E-state index in [0.29, 0.717) is 5.92 Å². The van der Waals surface area contributed by atoms with Gasteiger partial charge in [0.05, 0.1) is 4.90 Å². The lowest BCUT2D eigenvalue weighted by molar-refractivity contribution is -0.138. The molecule has 0 heterocycles. The first-order valence-corrected chi connectivity index (χ1v) is 8.93. The molecule has 20 heavy (non-hydrogen) atoms. The number of carboxylic acid groups (broad SMARTS) is 1. The molecular formula is C14H17ClO4S. The first-order valence-electron chi connectivity index (χ1n) is 6.62. The van der Waals surface area contributed by atoms with Crippen LogP contribution in [0.2, 0.25) is 0 Å². The highest BCUT2D eigenvalue weighted by Gasteiger charge is 2.24. The number of rotatable bonds is 4. The molecule has 1 fully saturated rings. The number of carbonyl (C=O) groups is 1. The van der Waals surface area contributed by atoms with Gasteiger partial charge in [0.15, 0.2) is 0 Å². The Balaban J connectivity index is 1.99. The largest absolute Gasteiger partial charge is 0.481 e. The molecule has 0 aromatic heterocycles. The molecule has 4 nitrogen and oxygen atoms in total. The van der Waals surface area contributed by atoms with Crippen molar-refractivity contribution in [2.24, 2.45) is 5.92 Å². The fourth-order valence-corrected chi connectivity index (χ4v) is 3.62. The van der Waals surface area contributed by atoms with Crippen molar-refractivity contribution in [3.8, 4) is 0 Å². The molecule has 1 aliphatic carbocycles. The van der Waals surface area contributed by atoms with Crippen LogP contribution in [-0.4, -0.2) is 19.5 Å². The van der Waals surface area contributed by atoms with Crippen molar-refractivity contribution in [3.63, 3.8) is 0 Å². The summed E-state index contributed by atoms with van der Waals surface area (Å²) in [4.78, 5) is 10.8. The first-order chi connectivity index (χ1) is 9.36. The van der Waals surface area contributed by atoms with E-state index in [-0.39, 0.29) is 17.2 Å². The molecule has 0 spiro atoms. The Morgan fingerprint density at radius 2 is 1.70 bits per heavy atom. The molecule has 1 aromatic carbocycles. The van der Waals surface area contributed by atoms with Crippen LogP contribution in [0.1, 0.15) is 43.6 Å². The van der Waals surface area contributed by atoms with E-state index in [4.69, 9.17) is 15.8 Å². The van der Waals surface area contributed by atoms with Gasteiger partial charge in [0.1, 0.15) is 0 Å². The van der Waals surface area contributed by atoms with E-state index in [2.05, 4.69) is 0 Å². The van der Waals surface area contributed by atoms with Crippen LogP contribution in [0.5, 0.6) is 0 Å². The number of aliphatic carboxylic acids is 1. The Kier molecular flexibility index (Phi) is 4.70. The lowest BCUT2D eigenvalue weighted by Gasteiger charge is -2.27. The number of benzene rings is 1. The van der Waals surface area contributed by atoms with Crippen LogP contribution < -0.4 is 0 Å². The van der Waals surface area contributed by atoms with Crippen LogP contribution in [0.3, 0.4) is 0 Å². The fraction of sp³-hybridized carbons (Fsp3) is 0.500. The van der Waals surface area contributed by atoms with Crippen LogP contribution in [0, 0.1) is 5.92 Å². The van der Waals surface area contributed by atoms with Crippen LogP contribution in [-0.2, 0) is 13.8 Å². The number of hydrogen-bond donors (Lipinski definition) is 1. The topological polar surface area (TPSA) is 71.4 Å². The van der Waals surface area contributed by atoms with Crippen molar-refractivity contribution < 1.29 is 18.3 Å². The highest BCUT2D eigenvalue weighted by atomic mass is 35.7. The monoisotopic (exact) mass is 316 g/mol. The van der Waals surface area contributed by atoms with E-state index in [9.17, 15) is 13.2 Å². The van der Waals surface area contributed by atoms with Gasteiger partial charge in [-0.15, -0.1) is 0 Å². The van der Waals surface area contributed by atoms with E-state index in [1.54, 1.807) is 12.1 Å². The lowest BCUT2D eigenvalue weighted by Crippen LogP contribution is -2.16. The minimum Gasteiger partial charge on any atom is -0.481 e. The Hall–Kier alpha value is -1.07. The molecule has 6 heteroatoms. The molecule has 0 unspecified atom stereocenters. The van der Waals surface area contributed by atoms with Crippen LogP contribution >= 0.6 is 10.7 Å². The van der Waals surface area contributed by atoms with Gasteiger partial charge >= 0.3 is 5.97 Å². The van der Waals surface area contributed by atoms with Gasteiger partial charge in [0, 0.05) is 17.1 Å². The average Bonchev–Trinajstić information content (AvgIpc) is 2.38. The average molecular weight is 317 g/mol. The Labute approximate surface area is 123 Å². The second kappa shape index (κ2) is 6.14. The van der Waals surface area contributed by atoms with Crippen molar-refractivity contribution in [2.75, 3.05) is 0 Å². The van der Waals surface area contributed by atoms with Crippen molar-refractivity contribution in [3.05, 3.63) is 29.8 Å². The summed E-state index contributed by atoms with van der Waals surface area (Å²) in [7, 11) is 1.62. The molecule has 1 saturated carbocycles. The summed E-state index contributed by atoms with van der Waals surface area (Å²) in [6.45, 7) is 0. The predicted octanol–water partition coefficient (Wildman–Crippen LogP) is 3.36. The Bertz CT molecular complexity index is 572. The Morgan fingerprint density at radius 1 is 1.15 bits per heavy atom. The molecule has 0 bridgehead atoms. The SMILES string of the molecule is O=C(O)CC1CCC(c2ccc(S(=O)(=O)Cl)cc2)CC1. The smallest absolute Gasteiger partial charge is 0.303 e. The molecule has 2 rings (SSSR count). The third kappa shape index (κ3) is 3.96. The third-order valence-electron chi connectivity index (χ3n) is 3.94. The van der Waals surface area contributed by atoms with Gasteiger partial charge in [-0.1, -0.05) is 12.1 Å². The summed E-state index contributed by atoms with van der Waals surface area (Å²) in [6.07, 6.45) is 3.96. The Morgan fingerprint density at radius 3 is 2.15 bits per heavy atom. The van der Waals surface area contributed by atoms with E-state index >= 15 is 0 Å². The molecule has 110 valence electrons. The van der Waals surface area contributed by atoms with E-state index < -0.39 is 15.0 Å². The fourth-order valence-electron chi connectivity index (χ4n) is 2.85. The van der Waals surface area contributed by atoms with Crippen molar-refractivity contribution in [1.29, 1.82) is 0 Å². The summed E-state index contributed by atoms with van der Waals surface area (Å²) >= 11 is 0.